The molecule has 3 aliphatic heterocycles. The van der Waals surface area contributed by atoms with Crippen molar-refractivity contribution in [1.29, 1.82) is 0 Å². The number of hydrogen-bond acceptors (Lipinski definition) is 17. The molecule has 147 heavy (non-hydrogen) atoms. The Hall–Kier alpha value is -18.4. The van der Waals surface area contributed by atoms with Gasteiger partial charge in [0.25, 0.3) is 33.4 Å². The number of nitrogens with one attached hydrogen (secondary N) is 7. The number of aryl methyl sites for hydroxylation is 2. The number of hydrogen-bond donors (Lipinski definition) is 7. The minimum absolute atomic E-state index is 0.0817. The minimum Gasteiger partial charge on any atom is -0.378 e. The van der Waals surface area contributed by atoms with Crippen molar-refractivity contribution < 1.29 is 4.74 Å². The van der Waals surface area contributed by atoms with Crippen LogP contribution >= 0.6 is 0 Å². The predicted molar refractivity (Wildman–Crippen MR) is 601 cm³/mol. The topological polar surface area (TPSA) is 312 Å². The third-order valence-electron chi connectivity index (χ3n) is 27.6. The number of morpholine rings is 1. The molecule has 0 amide bonds. The number of H-pyrrole nitrogens is 7. The van der Waals surface area contributed by atoms with Gasteiger partial charge in [0.1, 0.15) is 34.9 Å². The van der Waals surface area contributed by atoms with Crippen molar-refractivity contribution in [3.63, 3.8) is 0 Å². The van der Waals surface area contributed by atoms with Gasteiger partial charge in [-0.15, -0.1) is 0 Å². The molecule has 7 aromatic heterocycles. The Labute approximate surface area is 842 Å². The molecule has 7 N–H and O–H groups in total. The van der Waals surface area contributed by atoms with Gasteiger partial charge in [-0.2, -0.15) is 0 Å². The highest BCUT2D eigenvalue weighted by Gasteiger charge is 2.22. The number of rotatable bonds is 10. The van der Waals surface area contributed by atoms with Gasteiger partial charge in [-0.25, -0.2) is 29.9 Å². The van der Waals surface area contributed by atoms with Crippen molar-refractivity contribution in [3.05, 3.63) is 425 Å². The van der Waals surface area contributed by atoms with Gasteiger partial charge in [-0.1, -0.05) is 254 Å². The fraction of sp³-hybridized carbons (Fsp3) is 0.138. The highest BCUT2D eigenvalue weighted by molar-refractivity contribution is 6.02. The summed E-state index contributed by atoms with van der Waals surface area (Å²) in [6.45, 7) is 11.3. The summed E-state index contributed by atoms with van der Waals surface area (Å²) < 4.78 is 5.41. The molecule has 0 atom stereocenters. The van der Waals surface area contributed by atoms with Gasteiger partial charge in [-0.3, -0.25) is 28.8 Å². The SMILES string of the molecule is CN(C)c1ccc2nc(-c3cccc4ccccc34)[nH]c(=O)c2c1.Cc1ccc2nc(-c3c[nH]c4ccccc34)[nH]c(=O)c2c1.Cc1ccc2nc(-c3cccc4ccccc34)[nH]c(=O)c2c1.O=c1[nH]c(-c2cccc3ccccc23)nc2ccc(N3CCCC3)cc12.O=c1[nH]c(-c2cccc3ccccc23)nc2ccc(N3CCCCC3)cc12.O=c1[nH]c(-c2cccc3ccccc23)nc2ccc(N3CCOCC3)cc12. The Kier molecular flexibility index (Phi) is 26.3. The van der Waals surface area contributed by atoms with Crippen LogP contribution < -0.4 is 53.0 Å². The predicted octanol–water partition coefficient (Wildman–Crippen LogP) is 23.9. The van der Waals surface area contributed by atoms with E-state index in [1.807, 2.05) is 294 Å². The Balaban J connectivity index is 0.000000100. The van der Waals surface area contributed by atoms with Crippen LogP contribution in [0, 0.1) is 13.8 Å². The van der Waals surface area contributed by atoms with E-state index in [1.54, 1.807) is 0 Å². The van der Waals surface area contributed by atoms with E-state index < -0.39 is 0 Å². The quantitative estimate of drug-likeness (QED) is 0.0669. The largest absolute Gasteiger partial charge is 0.378 e. The fourth-order valence-corrected chi connectivity index (χ4v) is 20.0. The van der Waals surface area contributed by atoms with Crippen molar-refractivity contribution in [3.8, 4) is 68.3 Å². The van der Waals surface area contributed by atoms with Gasteiger partial charge >= 0.3 is 0 Å². The van der Waals surface area contributed by atoms with Crippen LogP contribution in [0.3, 0.4) is 0 Å². The lowest BCUT2D eigenvalue weighted by Crippen LogP contribution is -2.36. The Morgan fingerprint density at radius 3 is 0.830 bits per heavy atom. The monoisotopic (exact) mass is 1930 g/mol. The summed E-state index contributed by atoms with van der Waals surface area (Å²) in [4.78, 5) is 134. The second-order valence-electron chi connectivity index (χ2n) is 37.5. The number of para-hydroxylation sites is 1. The molecule has 0 aliphatic carbocycles. The van der Waals surface area contributed by atoms with E-state index in [9.17, 15) is 28.8 Å². The van der Waals surface area contributed by atoms with Crippen LogP contribution in [0.5, 0.6) is 0 Å². The molecule has 3 aliphatic rings. The van der Waals surface area contributed by atoms with Gasteiger partial charge in [0.05, 0.1) is 78.6 Å². The second-order valence-corrected chi connectivity index (χ2v) is 37.5. The van der Waals surface area contributed by atoms with Crippen LogP contribution in [-0.4, -0.2) is 131 Å². The molecule has 24 aromatic rings. The summed E-state index contributed by atoms with van der Waals surface area (Å²) >= 11 is 0. The summed E-state index contributed by atoms with van der Waals surface area (Å²) in [5.41, 5.74) is 16.7. The normalized spacial score (nSPS) is 13.0. The third-order valence-corrected chi connectivity index (χ3v) is 27.6. The summed E-state index contributed by atoms with van der Waals surface area (Å²) in [6, 6.07) is 114. The van der Waals surface area contributed by atoms with Crippen molar-refractivity contribution in [2.75, 3.05) is 86.2 Å². The number of piperidine rings is 1. The van der Waals surface area contributed by atoms with Crippen LogP contribution in [0.4, 0.5) is 22.7 Å². The van der Waals surface area contributed by atoms with E-state index in [0.29, 0.717) is 97.0 Å². The van der Waals surface area contributed by atoms with Crippen molar-refractivity contribution in [1.82, 2.24) is 64.8 Å². The second kappa shape index (κ2) is 41.3. The van der Waals surface area contributed by atoms with Crippen molar-refractivity contribution >= 4 is 153 Å². The van der Waals surface area contributed by atoms with E-state index in [-0.39, 0.29) is 33.4 Å². The Morgan fingerprint density at radius 1 is 0.245 bits per heavy atom. The van der Waals surface area contributed by atoms with E-state index in [1.165, 1.54) is 32.1 Å². The van der Waals surface area contributed by atoms with Gasteiger partial charge < -0.3 is 59.2 Å². The molecule has 24 nitrogen and oxygen atoms in total. The minimum atomic E-state index is -0.119. The molecular weight excluding hydrogens is 1830 g/mol. The molecule has 0 unspecified atom stereocenters. The number of nitrogens with zero attached hydrogens (tertiary/aromatic N) is 10. The summed E-state index contributed by atoms with van der Waals surface area (Å²) in [5, 5.41) is 15.9. The van der Waals surface area contributed by atoms with E-state index >= 15 is 0 Å². The summed E-state index contributed by atoms with van der Waals surface area (Å²) in [5.74, 6) is 3.64. The van der Waals surface area contributed by atoms with Gasteiger partial charge in [0.15, 0.2) is 0 Å². The molecule has 24 heteroatoms. The van der Waals surface area contributed by atoms with Crippen LogP contribution in [0.25, 0.3) is 199 Å². The molecule has 722 valence electrons. The molecule has 0 bridgehead atoms. The molecule has 0 radical (unpaired) electrons. The maximum absolute atomic E-state index is 12.8. The first-order valence-corrected chi connectivity index (χ1v) is 49.6. The van der Waals surface area contributed by atoms with E-state index in [4.69, 9.17) is 19.7 Å². The highest BCUT2D eigenvalue weighted by Crippen LogP contribution is 2.37. The van der Waals surface area contributed by atoms with Crippen LogP contribution in [0.1, 0.15) is 43.2 Å². The lowest BCUT2D eigenvalue weighted by atomic mass is 10.0. The standard InChI is InChI=1S/C23H21N3O.C22H19N3O2.C22H19N3O.C20H17N3O.C19H14N2O.C17H13N3O/c27-23-20-15-17(26-13-4-1-5-14-26)11-12-21(20)24-22(25-23)19-10-6-8-16-7-2-3-9-18(16)19;26-22-19-14-16(25-10-12-27-13-11-25)8-9-20(19)23-21(24-22)18-7-3-5-15-4-1-2-6-17(15)18;26-22-19-14-16(25-12-3-4-13-25)10-11-20(19)23-21(24-22)18-9-5-7-15-6-1-2-8-17(15)18;1-23(2)14-10-11-18-17(12-14)20(24)22-19(21-18)16-9-5-7-13-6-3-4-8-15(13)16;1-12-9-10-17-16(11-12)19(22)21-18(20-17)15-8-4-6-13-5-2-3-7-14(13)15;1-10-6-7-15-12(8-10)17(21)20-16(19-15)13-9-18-14-5-3-2-4-11(13)14/h2-3,6-12,15H,1,4-5,13-14H2,(H,24,25,27);1-9,14H,10-13H2,(H,23,24,26);1-2,5-11,14H,3-4,12-13H2,(H,23,24,26);3-12H,1-2H3,(H,21,22,24);2-11H,1H3,(H,20,21,22);2-9,18H,1H3,(H,19,20,21). The fourth-order valence-electron chi connectivity index (χ4n) is 20.0. The molecule has 3 fully saturated rings. The maximum Gasteiger partial charge on any atom is 0.259 e. The lowest BCUT2D eigenvalue weighted by Gasteiger charge is -2.28. The van der Waals surface area contributed by atoms with Gasteiger partial charge in [0.2, 0.25) is 0 Å². The molecule has 0 saturated carbocycles. The zero-order valence-corrected chi connectivity index (χ0v) is 81.5. The Bertz CT molecular complexity index is 9370. The van der Waals surface area contributed by atoms with Gasteiger partial charge in [0, 0.05) is 127 Å². The van der Waals surface area contributed by atoms with Crippen molar-refractivity contribution in [2.45, 2.75) is 46.0 Å². The zero-order chi connectivity index (χ0) is 100. The van der Waals surface area contributed by atoms with E-state index in [2.05, 4.69) is 156 Å². The molecular formula is C123H103N17O7. The average molecular weight is 1930 g/mol. The number of aromatic amines is 7. The number of ether oxygens (including phenoxy) is 1. The van der Waals surface area contributed by atoms with Crippen LogP contribution in [0.15, 0.2) is 381 Å². The number of anilines is 4. The molecule has 17 aromatic carbocycles. The third kappa shape index (κ3) is 19.7. The first-order valence-electron chi connectivity index (χ1n) is 49.6. The average Bonchev–Trinajstić information content (AvgIpc) is 1.05. The summed E-state index contributed by atoms with van der Waals surface area (Å²) in [6.07, 6.45) is 8.03. The van der Waals surface area contributed by atoms with Crippen molar-refractivity contribution in [2.24, 2.45) is 0 Å². The first kappa shape index (κ1) is 93.5. The highest BCUT2D eigenvalue weighted by atomic mass is 16.5. The smallest absolute Gasteiger partial charge is 0.259 e. The maximum atomic E-state index is 12.8. The molecule has 0 spiro atoms. The van der Waals surface area contributed by atoms with Crippen LogP contribution in [0.2, 0.25) is 0 Å². The zero-order valence-electron chi connectivity index (χ0n) is 81.5. The number of fused-ring (bicyclic) bond motifs is 12. The first-order chi connectivity index (χ1) is 72.0. The van der Waals surface area contributed by atoms with E-state index in [0.717, 1.165) is 188 Å². The molecule has 3 saturated heterocycles. The Morgan fingerprint density at radius 2 is 0.503 bits per heavy atom. The van der Waals surface area contributed by atoms with Crippen LogP contribution in [-0.2, 0) is 4.74 Å². The summed E-state index contributed by atoms with van der Waals surface area (Å²) in [7, 11) is 3.90. The molecule has 27 rings (SSSR count). The van der Waals surface area contributed by atoms with Gasteiger partial charge in [-0.05, 0) is 203 Å². The number of aromatic nitrogens is 13. The molecule has 10 heterocycles. The lowest BCUT2D eigenvalue weighted by molar-refractivity contribution is 0.122. The number of benzene rings is 17.